The number of fused-ring (bicyclic) bond motifs is 3. The number of carbonyl (C=O) groups is 1. The number of benzene rings is 1. The number of hydrogen-bond donors (Lipinski definition) is 0. The van der Waals surface area contributed by atoms with Gasteiger partial charge in [0.2, 0.25) is 5.91 Å². The highest BCUT2D eigenvalue weighted by molar-refractivity contribution is 7.99. The van der Waals surface area contributed by atoms with Crippen molar-refractivity contribution in [2.75, 3.05) is 12.3 Å². The van der Waals surface area contributed by atoms with E-state index in [0.29, 0.717) is 11.8 Å². The Kier molecular flexibility index (Phi) is 5.32. The highest BCUT2D eigenvalue weighted by Gasteiger charge is 2.25. The summed E-state index contributed by atoms with van der Waals surface area (Å²) in [6, 6.07) is 6.97. The third-order valence-electron chi connectivity index (χ3n) is 5.80. The lowest BCUT2D eigenvalue weighted by Gasteiger charge is -2.35. The Hall–Kier alpha value is -2.08. The summed E-state index contributed by atoms with van der Waals surface area (Å²) in [5.41, 5.74) is 5.56. The molecule has 0 N–H and O–H groups in total. The molecule has 1 aliphatic rings. The standard InChI is InChI=1S/C22H28N4OS/c1-5-18-8-6-7-9-25(18)19(27)13-28-22-24-23-21-16(4)12-17-11-14(2)10-15(3)20(17)26(21)22/h10-12,18H,5-9,13H2,1-4H3. The van der Waals surface area contributed by atoms with E-state index in [1.165, 1.54) is 34.7 Å². The molecule has 0 radical (unpaired) electrons. The lowest BCUT2D eigenvalue weighted by Crippen LogP contribution is -2.44. The van der Waals surface area contributed by atoms with E-state index in [2.05, 4.69) is 65.4 Å². The van der Waals surface area contributed by atoms with Crippen molar-refractivity contribution in [1.29, 1.82) is 0 Å². The summed E-state index contributed by atoms with van der Waals surface area (Å²) < 4.78 is 2.13. The third kappa shape index (κ3) is 3.39. The smallest absolute Gasteiger partial charge is 0.233 e. The van der Waals surface area contributed by atoms with Crippen LogP contribution in [0.1, 0.15) is 49.3 Å². The van der Waals surface area contributed by atoms with Gasteiger partial charge in [-0.25, -0.2) is 0 Å². The number of aryl methyl sites for hydroxylation is 3. The largest absolute Gasteiger partial charge is 0.339 e. The molecule has 148 valence electrons. The first-order valence-electron chi connectivity index (χ1n) is 10.2. The molecule has 0 aliphatic carbocycles. The van der Waals surface area contributed by atoms with Crippen molar-refractivity contribution in [3.05, 3.63) is 34.9 Å². The highest BCUT2D eigenvalue weighted by atomic mass is 32.2. The number of aromatic nitrogens is 3. The molecule has 1 aliphatic heterocycles. The van der Waals surface area contributed by atoms with Crippen LogP contribution < -0.4 is 0 Å². The number of likely N-dealkylation sites (tertiary alicyclic amines) is 1. The van der Waals surface area contributed by atoms with E-state index in [1.807, 2.05) is 0 Å². The molecule has 1 unspecified atom stereocenters. The zero-order valence-corrected chi connectivity index (χ0v) is 18.0. The van der Waals surface area contributed by atoms with Gasteiger partial charge in [0, 0.05) is 12.6 Å². The molecule has 28 heavy (non-hydrogen) atoms. The Morgan fingerprint density at radius 2 is 1.96 bits per heavy atom. The van der Waals surface area contributed by atoms with Crippen LogP contribution in [0.5, 0.6) is 0 Å². The number of hydrogen-bond acceptors (Lipinski definition) is 4. The normalized spacial score (nSPS) is 17.6. The first-order chi connectivity index (χ1) is 13.5. The second-order valence-electron chi connectivity index (χ2n) is 7.92. The Morgan fingerprint density at radius 1 is 1.14 bits per heavy atom. The fourth-order valence-electron chi connectivity index (χ4n) is 4.49. The second-order valence-corrected chi connectivity index (χ2v) is 8.86. The number of carbonyl (C=O) groups excluding carboxylic acids is 1. The summed E-state index contributed by atoms with van der Waals surface area (Å²) in [6.07, 6.45) is 4.51. The van der Waals surface area contributed by atoms with Gasteiger partial charge in [-0.1, -0.05) is 30.3 Å². The van der Waals surface area contributed by atoms with E-state index < -0.39 is 0 Å². The van der Waals surface area contributed by atoms with Crippen LogP contribution in [0.2, 0.25) is 0 Å². The monoisotopic (exact) mass is 396 g/mol. The first-order valence-corrected chi connectivity index (χ1v) is 11.2. The summed E-state index contributed by atoms with van der Waals surface area (Å²) >= 11 is 1.51. The van der Waals surface area contributed by atoms with Crippen molar-refractivity contribution < 1.29 is 4.79 Å². The quantitative estimate of drug-likeness (QED) is 0.600. The number of thioether (sulfide) groups is 1. The van der Waals surface area contributed by atoms with Crippen molar-refractivity contribution in [1.82, 2.24) is 19.5 Å². The van der Waals surface area contributed by atoms with Crippen LogP contribution in [0.15, 0.2) is 23.4 Å². The summed E-state index contributed by atoms with van der Waals surface area (Å²) in [4.78, 5) is 15.0. The van der Waals surface area contributed by atoms with E-state index in [9.17, 15) is 4.79 Å². The molecule has 2 aromatic heterocycles. The predicted octanol–water partition coefficient (Wildman–Crippen LogP) is 4.69. The second kappa shape index (κ2) is 7.74. The van der Waals surface area contributed by atoms with Crippen LogP contribution in [0.4, 0.5) is 0 Å². The predicted molar refractivity (Wildman–Crippen MR) is 115 cm³/mol. The SMILES string of the molecule is CCC1CCCCN1C(=O)CSc1nnc2c(C)cc3cc(C)cc(C)c3n12. The van der Waals surface area contributed by atoms with Gasteiger partial charge in [0.25, 0.3) is 0 Å². The lowest BCUT2D eigenvalue weighted by atomic mass is 10.0. The minimum Gasteiger partial charge on any atom is -0.339 e. The van der Waals surface area contributed by atoms with E-state index in [0.717, 1.165) is 47.7 Å². The molecule has 3 aromatic rings. The number of pyridine rings is 1. The molecule has 1 atom stereocenters. The van der Waals surface area contributed by atoms with Gasteiger partial charge >= 0.3 is 0 Å². The maximum Gasteiger partial charge on any atom is 0.233 e. The van der Waals surface area contributed by atoms with E-state index in [1.54, 1.807) is 0 Å². The van der Waals surface area contributed by atoms with Crippen molar-refractivity contribution in [2.24, 2.45) is 0 Å². The summed E-state index contributed by atoms with van der Waals surface area (Å²) in [5, 5.41) is 10.8. The molecule has 5 nitrogen and oxygen atoms in total. The molecule has 6 heteroatoms. The van der Waals surface area contributed by atoms with Crippen molar-refractivity contribution in [3.8, 4) is 0 Å². The van der Waals surface area contributed by atoms with Gasteiger partial charge in [-0.05, 0) is 75.1 Å². The van der Waals surface area contributed by atoms with Gasteiger partial charge in [0.1, 0.15) is 0 Å². The fourth-order valence-corrected chi connectivity index (χ4v) is 5.31. The molecule has 4 rings (SSSR count). The number of amides is 1. The van der Waals surface area contributed by atoms with Gasteiger partial charge < -0.3 is 4.90 Å². The van der Waals surface area contributed by atoms with Crippen molar-refractivity contribution in [3.63, 3.8) is 0 Å². The van der Waals surface area contributed by atoms with Gasteiger partial charge in [-0.15, -0.1) is 10.2 Å². The molecule has 1 fully saturated rings. The van der Waals surface area contributed by atoms with Crippen LogP contribution in [0.25, 0.3) is 16.6 Å². The fraction of sp³-hybridized carbons (Fsp3) is 0.500. The van der Waals surface area contributed by atoms with E-state index in [4.69, 9.17) is 0 Å². The van der Waals surface area contributed by atoms with Crippen LogP contribution in [0.3, 0.4) is 0 Å². The number of piperidine rings is 1. The third-order valence-corrected chi connectivity index (χ3v) is 6.71. The summed E-state index contributed by atoms with van der Waals surface area (Å²) in [5.74, 6) is 0.635. The van der Waals surface area contributed by atoms with Gasteiger partial charge in [0.05, 0.1) is 11.3 Å². The van der Waals surface area contributed by atoms with Crippen molar-refractivity contribution in [2.45, 2.75) is 64.6 Å². The van der Waals surface area contributed by atoms with Crippen LogP contribution in [0, 0.1) is 20.8 Å². The number of nitrogens with zero attached hydrogens (tertiary/aromatic N) is 4. The van der Waals surface area contributed by atoms with Gasteiger partial charge in [-0.2, -0.15) is 0 Å². The van der Waals surface area contributed by atoms with E-state index in [-0.39, 0.29) is 5.91 Å². The van der Waals surface area contributed by atoms with E-state index >= 15 is 0 Å². The molecule has 0 spiro atoms. The van der Waals surface area contributed by atoms with Crippen LogP contribution in [-0.2, 0) is 4.79 Å². The lowest BCUT2D eigenvalue weighted by molar-refractivity contribution is -0.132. The average molecular weight is 397 g/mol. The molecule has 1 amide bonds. The zero-order chi connectivity index (χ0) is 19.8. The molecule has 1 aromatic carbocycles. The maximum atomic E-state index is 12.9. The van der Waals surface area contributed by atoms with Crippen molar-refractivity contribution >= 4 is 34.2 Å². The topological polar surface area (TPSA) is 50.5 Å². The highest BCUT2D eigenvalue weighted by Crippen LogP contribution is 2.29. The minimum atomic E-state index is 0.220. The average Bonchev–Trinajstić information content (AvgIpc) is 3.10. The molecular formula is C22H28N4OS. The minimum absolute atomic E-state index is 0.220. The Morgan fingerprint density at radius 3 is 2.75 bits per heavy atom. The molecule has 0 saturated carbocycles. The maximum absolute atomic E-state index is 12.9. The molecule has 0 bridgehead atoms. The van der Waals surface area contributed by atoms with Crippen LogP contribution in [-0.4, -0.2) is 43.7 Å². The molecular weight excluding hydrogens is 368 g/mol. The van der Waals surface area contributed by atoms with Gasteiger partial charge in [0.15, 0.2) is 10.8 Å². The first kappa shape index (κ1) is 19.2. The summed E-state index contributed by atoms with van der Waals surface area (Å²) in [7, 11) is 0. The Bertz CT molecular complexity index is 1040. The number of rotatable bonds is 4. The molecule has 1 saturated heterocycles. The van der Waals surface area contributed by atoms with Crippen LogP contribution >= 0.6 is 11.8 Å². The zero-order valence-electron chi connectivity index (χ0n) is 17.2. The summed E-state index contributed by atoms with van der Waals surface area (Å²) in [6.45, 7) is 9.38. The Labute approximate surface area is 170 Å². The van der Waals surface area contributed by atoms with Gasteiger partial charge in [-0.3, -0.25) is 9.20 Å². The Balaban J connectivity index is 1.67. The molecule has 3 heterocycles.